The summed E-state index contributed by atoms with van der Waals surface area (Å²) in [6.07, 6.45) is -0.914. The van der Waals surface area contributed by atoms with Crippen LogP contribution in [0.5, 0.6) is 11.5 Å². The van der Waals surface area contributed by atoms with E-state index in [0.717, 1.165) is 10.6 Å². The number of carbonyl (C=O) groups excluding carboxylic acids is 2. The Bertz CT molecular complexity index is 779. The topological polar surface area (TPSA) is 73.9 Å². The highest BCUT2D eigenvalue weighted by Crippen LogP contribution is 2.24. The van der Waals surface area contributed by atoms with Crippen molar-refractivity contribution in [3.05, 3.63) is 48.5 Å². The average molecular weight is 404 g/mol. The van der Waals surface area contributed by atoms with Gasteiger partial charge in [0.2, 0.25) is 0 Å². The summed E-state index contributed by atoms with van der Waals surface area (Å²) in [6, 6.07) is 14.6. The lowest BCUT2D eigenvalue weighted by Crippen LogP contribution is -2.30. The molecule has 2 aromatic rings. The van der Waals surface area contributed by atoms with Crippen LogP contribution in [0.3, 0.4) is 0 Å². The Morgan fingerprint density at radius 2 is 1.68 bits per heavy atom. The summed E-state index contributed by atoms with van der Waals surface area (Å²) in [6.45, 7) is 6.42. The zero-order valence-electron chi connectivity index (χ0n) is 16.3. The van der Waals surface area contributed by atoms with Crippen LogP contribution < -0.4 is 14.8 Å². The van der Waals surface area contributed by atoms with Gasteiger partial charge in [-0.05, 0) is 57.2 Å². The molecule has 0 aromatic heterocycles. The first-order valence-corrected chi connectivity index (χ1v) is 10.1. The molecule has 0 aliphatic carbocycles. The SMILES string of the molecule is CCOc1ccc(SCC(=O)O[C@@H](C)C(=O)Nc2ccccc2OCC)cc1. The van der Waals surface area contributed by atoms with Gasteiger partial charge >= 0.3 is 5.97 Å². The van der Waals surface area contributed by atoms with Crippen LogP contribution in [0.4, 0.5) is 5.69 Å². The quantitative estimate of drug-likeness (QED) is 0.475. The minimum Gasteiger partial charge on any atom is -0.494 e. The number of ether oxygens (including phenoxy) is 3. The molecular weight excluding hydrogens is 378 g/mol. The molecule has 1 N–H and O–H groups in total. The van der Waals surface area contributed by atoms with E-state index < -0.39 is 18.0 Å². The fourth-order valence-electron chi connectivity index (χ4n) is 2.31. The molecule has 2 aromatic carbocycles. The predicted molar refractivity (Wildman–Crippen MR) is 110 cm³/mol. The molecule has 0 aliphatic rings. The van der Waals surface area contributed by atoms with E-state index in [4.69, 9.17) is 14.2 Å². The van der Waals surface area contributed by atoms with E-state index in [1.807, 2.05) is 44.2 Å². The molecule has 6 nitrogen and oxygen atoms in total. The molecule has 0 heterocycles. The predicted octanol–water partition coefficient (Wildman–Crippen LogP) is 4.15. The molecule has 150 valence electrons. The number of thioether (sulfide) groups is 1. The lowest BCUT2D eigenvalue weighted by atomic mass is 10.2. The fraction of sp³-hybridized carbons (Fsp3) is 0.333. The number of nitrogens with one attached hydrogen (secondary N) is 1. The molecule has 0 saturated carbocycles. The van der Waals surface area contributed by atoms with Crippen LogP contribution in [-0.4, -0.2) is 36.9 Å². The van der Waals surface area contributed by atoms with E-state index in [1.54, 1.807) is 18.2 Å². The summed E-state index contributed by atoms with van der Waals surface area (Å²) in [5, 5.41) is 2.73. The summed E-state index contributed by atoms with van der Waals surface area (Å²) in [4.78, 5) is 25.3. The van der Waals surface area contributed by atoms with Crippen molar-refractivity contribution < 1.29 is 23.8 Å². The van der Waals surface area contributed by atoms with Crippen molar-refractivity contribution >= 4 is 29.3 Å². The van der Waals surface area contributed by atoms with Crippen LogP contribution in [0, 0.1) is 0 Å². The highest BCUT2D eigenvalue weighted by molar-refractivity contribution is 8.00. The van der Waals surface area contributed by atoms with Gasteiger partial charge in [-0.15, -0.1) is 11.8 Å². The van der Waals surface area contributed by atoms with Gasteiger partial charge in [-0.25, -0.2) is 0 Å². The van der Waals surface area contributed by atoms with E-state index in [-0.39, 0.29) is 5.75 Å². The van der Waals surface area contributed by atoms with E-state index in [9.17, 15) is 9.59 Å². The van der Waals surface area contributed by atoms with E-state index in [0.29, 0.717) is 24.7 Å². The zero-order chi connectivity index (χ0) is 20.4. The van der Waals surface area contributed by atoms with Gasteiger partial charge in [0.1, 0.15) is 11.5 Å². The van der Waals surface area contributed by atoms with E-state index >= 15 is 0 Å². The summed E-state index contributed by atoms with van der Waals surface area (Å²) in [5.74, 6) is 0.599. The number of anilines is 1. The monoisotopic (exact) mass is 403 g/mol. The molecule has 0 aliphatic heterocycles. The minimum absolute atomic E-state index is 0.112. The fourth-order valence-corrected chi connectivity index (χ4v) is 2.99. The molecule has 7 heteroatoms. The van der Waals surface area contributed by atoms with Crippen LogP contribution in [-0.2, 0) is 14.3 Å². The molecule has 0 unspecified atom stereocenters. The Morgan fingerprint density at radius 1 is 1.00 bits per heavy atom. The molecule has 2 rings (SSSR count). The molecule has 0 radical (unpaired) electrons. The van der Waals surface area contributed by atoms with Crippen LogP contribution in [0.25, 0.3) is 0 Å². The Balaban J connectivity index is 1.82. The Hall–Kier alpha value is -2.67. The molecule has 1 atom stereocenters. The Kier molecular flexibility index (Phi) is 8.68. The first kappa shape index (κ1) is 21.6. The van der Waals surface area contributed by atoms with Crippen molar-refractivity contribution in [3.8, 4) is 11.5 Å². The first-order chi connectivity index (χ1) is 13.5. The molecule has 0 spiro atoms. The highest BCUT2D eigenvalue weighted by atomic mass is 32.2. The van der Waals surface area contributed by atoms with Crippen molar-refractivity contribution in [1.29, 1.82) is 0 Å². The lowest BCUT2D eigenvalue weighted by Gasteiger charge is -2.15. The molecule has 0 saturated heterocycles. The van der Waals surface area contributed by atoms with E-state index in [1.165, 1.54) is 18.7 Å². The Morgan fingerprint density at radius 3 is 2.36 bits per heavy atom. The number of hydrogen-bond acceptors (Lipinski definition) is 6. The third-order valence-corrected chi connectivity index (χ3v) is 4.60. The average Bonchev–Trinajstić information content (AvgIpc) is 2.69. The second-order valence-corrected chi connectivity index (χ2v) is 6.79. The largest absolute Gasteiger partial charge is 0.494 e. The standard InChI is InChI=1S/C21H25NO5S/c1-4-25-16-10-12-17(13-11-16)28-14-20(23)27-15(3)21(24)22-18-8-6-7-9-19(18)26-5-2/h6-13,15H,4-5,14H2,1-3H3,(H,22,24)/t15-/m0/s1. The second-order valence-electron chi connectivity index (χ2n) is 5.74. The Labute approximate surface area is 169 Å². The highest BCUT2D eigenvalue weighted by Gasteiger charge is 2.19. The van der Waals surface area contributed by atoms with Crippen molar-refractivity contribution in [2.75, 3.05) is 24.3 Å². The van der Waals surface area contributed by atoms with Crippen molar-refractivity contribution in [1.82, 2.24) is 0 Å². The zero-order valence-corrected chi connectivity index (χ0v) is 17.1. The van der Waals surface area contributed by atoms with Gasteiger partial charge in [-0.2, -0.15) is 0 Å². The maximum Gasteiger partial charge on any atom is 0.317 e. The van der Waals surface area contributed by atoms with Crippen LogP contribution in [0.15, 0.2) is 53.4 Å². The summed E-state index contributed by atoms with van der Waals surface area (Å²) in [5.41, 5.74) is 0.543. The third-order valence-electron chi connectivity index (χ3n) is 3.61. The molecule has 0 fully saturated rings. The number of carbonyl (C=O) groups is 2. The third kappa shape index (κ3) is 6.81. The van der Waals surface area contributed by atoms with Gasteiger partial charge in [-0.1, -0.05) is 12.1 Å². The van der Waals surface area contributed by atoms with Crippen molar-refractivity contribution in [2.45, 2.75) is 31.8 Å². The summed E-state index contributed by atoms with van der Waals surface area (Å²) in [7, 11) is 0. The van der Waals surface area contributed by atoms with Gasteiger partial charge in [0.05, 0.1) is 24.7 Å². The minimum atomic E-state index is -0.914. The number of esters is 1. The van der Waals surface area contributed by atoms with E-state index in [2.05, 4.69) is 5.32 Å². The number of amides is 1. The number of hydrogen-bond donors (Lipinski definition) is 1. The molecule has 28 heavy (non-hydrogen) atoms. The van der Waals surface area contributed by atoms with Crippen molar-refractivity contribution in [3.63, 3.8) is 0 Å². The second kappa shape index (κ2) is 11.2. The molecule has 0 bridgehead atoms. The van der Waals surface area contributed by atoms with Gasteiger partial charge in [0, 0.05) is 4.90 Å². The maximum absolute atomic E-state index is 12.3. The lowest BCUT2D eigenvalue weighted by molar-refractivity contribution is -0.150. The maximum atomic E-state index is 12.3. The number of para-hydroxylation sites is 2. The summed E-state index contributed by atoms with van der Waals surface area (Å²) < 4.78 is 16.1. The first-order valence-electron chi connectivity index (χ1n) is 9.11. The van der Waals surface area contributed by atoms with Crippen molar-refractivity contribution in [2.24, 2.45) is 0 Å². The normalized spacial score (nSPS) is 11.4. The number of benzene rings is 2. The van der Waals surface area contributed by atoms with Crippen LogP contribution in [0.1, 0.15) is 20.8 Å². The van der Waals surface area contributed by atoms with Gasteiger partial charge in [0.25, 0.3) is 5.91 Å². The summed E-state index contributed by atoms with van der Waals surface area (Å²) >= 11 is 1.34. The van der Waals surface area contributed by atoms with Crippen LogP contribution in [0.2, 0.25) is 0 Å². The van der Waals surface area contributed by atoms with Gasteiger partial charge in [0.15, 0.2) is 6.10 Å². The molecular formula is C21H25NO5S. The van der Waals surface area contributed by atoms with Gasteiger partial charge in [-0.3, -0.25) is 9.59 Å². The number of rotatable bonds is 10. The van der Waals surface area contributed by atoms with Gasteiger partial charge < -0.3 is 19.5 Å². The van der Waals surface area contributed by atoms with Crippen LogP contribution >= 0.6 is 11.8 Å². The molecule has 1 amide bonds. The smallest absolute Gasteiger partial charge is 0.317 e.